The number of hydrogen-bond acceptors (Lipinski definition) is 8. The Morgan fingerprint density at radius 3 is 2.42 bits per heavy atom. The van der Waals surface area contributed by atoms with Gasteiger partial charge in [0.25, 0.3) is 0 Å². The van der Waals surface area contributed by atoms with Gasteiger partial charge < -0.3 is 24.8 Å². The molecule has 212 valence electrons. The summed E-state index contributed by atoms with van der Waals surface area (Å²) in [5.41, 5.74) is 5.26. The number of nitrogens with zero attached hydrogens (tertiary/aromatic N) is 4. The van der Waals surface area contributed by atoms with E-state index in [1.54, 1.807) is 39.2 Å². The average Bonchev–Trinajstić information content (AvgIpc) is 3.30. The van der Waals surface area contributed by atoms with Crippen molar-refractivity contribution in [3.8, 4) is 5.75 Å². The van der Waals surface area contributed by atoms with Gasteiger partial charge in [-0.3, -0.25) is 0 Å². The molecule has 0 spiro atoms. The number of aromatic nitrogens is 3. The molecule has 1 saturated heterocycles. The maximum atomic E-state index is 13.1. The first-order chi connectivity index (χ1) is 19.1. The second-order valence-electron chi connectivity index (χ2n) is 10.9. The zero-order chi connectivity index (χ0) is 28.6. The fourth-order valence-electron chi connectivity index (χ4n) is 5.39. The number of likely N-dealkylation sites (tertiary alicyclic amines) is 1. The fraction of sp³-hybridized carbons (Fsp3) is 0.400. The molecule has 9 nitrogen and oxygen atoms in total. The highest BCUT2D eigenvalue weighted by Gasteiger charge is 2.24. The van der Waals surface area contributed by atoms with Crippen LogP contribution in [0.5, 0.6) is 5.75 Å². The lowest BCUT2D eigenvalue weighted by atomic mass is 9.86. The van der Waals surface area contributed by atoms with Gasteiger partial charge in [0.1, 0.15) is 11.3 Å². The summed E-state index contributed by atoms with van der Waals surface area (Å²) in [6, 6.07) is 13.1. The summed E-state index contributed by atoms with van der Waals surface area (Å²) in [4.78, 5) is 12.2. The number of ether oxygens (including phenoxy) is 1. The predicted octanol–water partition coefficient (Wildman–Crippen LogP) is 5.76. The summed E-state index contributed by atoms with van der Waals surface area (Å²) in [7, 11) is 2.24. The maximum Gasteiger partial charge on any atom is 0.229 e. The first kappa shape index (κ1) is 27.9. The first-order valence-corrected chi connectivity index (χ1v) is 15.2. The van der Waals surface area contributed by atoms with Crippen LogP contribution in [-0.2, 0) is 16.9 Å². The van der Waals surface area contributed by atoms with Gasteiger partial charge in [-0.1, -0.05) is 12.1 Å². The van der Waals surface area contributed by atoms with Gasteiger partial charge in [0.2, 0.25) is 5.95 Å². The zero-order valence-corrected chi connectivity index (χ0v) is 24.8. The number of anilines is 4. The van der Waals surface area contributed by atoms with E-state index in [0.717, 1.165) is 48.4 Å². The minimum absolute atomic E-state index is 0.238. The number of aryl methyl sites for hydroxylation is 2. The van der Waals surface area contributed by atoms with Crippen LogP contribution in [0.2, 0.25) is 0 Å². The van der Waals surface area contributed by atoms with Gasteiger partial charge in [0.15, 0.2) is 15.7 Å². The number of nitrogens with one attached hydrogen (secondary N) is 2. The Balaban J connectivity index is 1.52. The third kappa shape index (κ3) is 5.38. The zero-order valence-electron chi connectivity index (χ0n) is 24.0. The normalized spacial score (nSPS) is 15.1. The van der Waals surface area contributed by atoms with Crippen LogP contribution in [-0.4, -0.2) is 60.3 Å². The molecule has 3 heterocycles. The van der Waals surface area contributed by atoms with Crippen LogP contribution in [0.15, 0.2) is 53.6 Å². The van der Waals surface area contributed by atoms with E-state index in [1.807, 2.05) is 29.9 Å². The molecule has 4 aromatic rings. The van der Waals surface area contributed by atoms with Crippen molar-refractivity contribution in [2.75, 3.05) is 37.9 Å². The highest BCUT2D eigenvalue weighted by atomic mass is 32.2. The molecule has 0 amide bonds. The predicted molar refractivity (Wildman–Crippen MR) is 161 cm³/mol. The van der Waals surface area contributed by atoms with E-state index in [9.17, 15) is 8.42 Å². The molecule has 2 aromatic carbocycles. The monoisotopic (exact) mass is 562 g/mol. The summed E-state index contributed by atoms with van der Waals surface area (Å²) in [6.45, 7) is 7.69. The SMILES string of the molecule is COc1cc(C2CCN(C)CC2)c(C)cc1Nc1nc(Nc2ccccc2S(=O)(=O)C(C)C)c2c(ccn2C)n1. The highest BCUT2D eigenvalue weighted by molar-refractivity contribution is 7.92. The Bertz CT molecular complexity index is 1640. The molecule has 0 atom stereocenters. The van der Waals surface area contributed by atoms with Crippen molar-refractivity contribution >= 4 is 44.0 Å². The molecule has 0 saturated carbocycles. The lowest BCUT2D eigenvalue weighted by Crippen LogP contribution is -2.29. The number of methoxy groups -OCH3 is 1. The second-order valence-corrected chi connectivity index (χ2v) is 13.4. The van der Waals surface area contributed by atoms with Gasteiger partial charge in [0.05, 0.1) is 34.1 Å². The molecule has 10 heteroatoms. The van der Waals surface area contributed by atoms with Crippen LogP contribution in [0.3, 0.4) is 0 Å². The first-order valence-electron chi connectivity index (χ1n) is 13.7. The van der Waals surface area contributed by atoms with Crippen LogP contribution in [0.4, 0.5) is 23.1 Å². The number of rotatable bonds is 8. The van der Waals surface area contributed by atoms with E-state index < -0.39 is 15.1 Å². The Morgan fingerprint density at radius 2 is 1.73 bits per heavy atom. The van der Waals surface area contributed by atoms with E-state index in [0.29, 0.717) is 23.4 Å². The van der Waals surface area contributed by atoms with Crippen molar-refractivity contribution in [3.63, 3.8) is 0 Å². The molecule has 0 aliphatic carbocycles. The van der Waals surface area contributed by atoms with Gasteiger partial charge in [0, 0.05) is 13.2 Å². The van der Waals surface area contributed by atoms with Crippen molar-refractivity contribution in [2.45, 2.75) is 49.7 Å². The van der Waals surface area contributed by atoms with E-state index in [2.05, 4.69) is 41.6 Å². The maximum absolute atomic E-state index is 13.1. The van der Waals surface area contributed by atoms with Crippen LogP contribution in [0.25, 0.3) is 11.0 Å². The molecular weight excluding hydrogens is 524 g/mol. The minimum Gasteiger partial charge on any atom is -0.495 e. The number of para-hydroxylation sites is 1. The minimum atomic E-state index is -3.51. The number of sulfone groups is 1. The third-order valence-electron chi connectivity index (χ3n) is 7.78. The van der Waals surface area contributed by atoms with Crippen molar-refractivity contribution in [2.24, 2.45) is 7.05 Å². The largest absolute Gasteiger partial charge is 0.495 e. The summed E-state index contributed by atoms with van der Waals surface area (Å²) in [5, 5.41) is 6.11. The molecule has 0 unspecified atom stereocenters. The molecule has 2 N–H and O–H groups in total. The standard InChI is InChI=1S/C30H38N6O3S/c1-19(2)40(37,38)27-10-8-7-9-23(27)31-29-28-24(13-16-36(28)5)32-30(34-29)33-25-17-20(3)22(18-26(25)39-6)21-11-14-35(4)15-12-21/h7-10,13,16-19,21H,11-12,14-15H2,1-6H3,(H2,31,32,33,34). The Hall–Kier alpha value is -3.63. The summed E-state index contributed by atoms with van der Waals surface area (Å²) >= 11 is 0. The molecule has 1 aliphatic rings. The topological polar surface area (TPSA) is 101 Å². The fourth-order valence-corrected chi connectivity index (χ4v) is 6.59. The molecule has 1 aliphatic heterocycles. The molecule has 0 bridgehead atoms. The molecule has 5 rings (SSSR count). The van der Waals surface area contributed by atoms with Crippen molar-refractivity contribution in [1.29, 1.82) is 0 Å². The highest BCUT2D eigenvalue weighted by Crippen LogP contribution is 2.38. The number of fused-ring (bicyclic) bond motifs is 1. The molecular formula is C30H38N6O3S. The Kier molecular flexibility index (Phi) is 7.74. The van der Waals surface area contributed by atoms with E-state index in [-0.39, 0.29) is 4.90 Å². The number of piperidine rings is 1. The van der Waals surface area contributed by atoms with E-state index in [1.165, 1.54) is 11.1 Å². The molecule has 1 fully saturated rings. The number of benzene rings is 2. The quantitative estimate of drug-likeness (QED) is 0.279. The van der Waals surface area contributed by atoms with Gasteiger partial charge in [-0.25, -0.2) is 13.4 Å². The molecule has 2 aromatic heterocycles. The van der Waals surface area contributed by atoms with Crippen molar-refractivity contribution in [3.05, 3.63) is 59.8 Å². The lowest BCUT2D eigenvalue weighted by Gasteiger charge is -2.30. The van der Waals surface area contributed by atoms with Crippen molar-refractivity contribution < 1.29 is 13.2 Å². The summed E-state index contributed by atoms with van der Waals surface area (Å²) in [6.07, 6.45) is 4.17. The van der Waals surface area contributed by atoms with Gasteiger partial charge in [-0.05, 0) is 101 Å². The molecule has 0 radical (unpaired) electrons. The van der Waals surface area contributed by atoms with Gasteiger partial charge in [-0.15, -0.1) is 0 Å². The molecule has 40 heavy (non-hydrogen) atoms. The smallest absolute Gasteiger partial charge is 0.229 e. The number of hydrogen-bond donors (Lipinski definition) is 2. The Labute approximate surface area is 236 Å². The summed E-state index contributed by atoms with van der Waals surface area (Å²) < 4.78 is 33.9. The summed E-state index contributed by atoms with van der Waals surface area (Å²) in [5.74, 6) is 2.13. The average molecular weight is 563 g/mol. The Morgan fingerprint density at radius 1 is 1.00 bits per heavy atom. The van der Waals surface area contributed by atoms with Crippen LogP contribution >= 0.6 is 0 Å². The third-order valence-corrected chi connectivity index (χ3v) is 9.99. The van der Waals surface area contributed by atoms with Crippen LogP contribution in [0, 0.1) is 6.92 Å². The van der Waals surface area contributed by atoms with Gasteiger partial charge in [-0.2, -0.15) is 4.98 Å². The van der Waals surface area contributed by atoms with Gasteiger partial charge >= 0.3 is 0 Å². The van der Waals surface area contributed by atoms with Crippen LogP contribution in [0.1, 0.15) is 43.7 Å². The van der Waals surface area contributed by atoms with E-state index >= 15 is 0 Å². The van der Waals surface area contributed by atoms with Crippen LogP contribution < -0.4 is 15.4 Å². The van der Waals surface area contributed by atoms with E-state index in [4.69, 9.17) is 14.7 Å². The van der Waals surface area contributed by atoms with Crippen molar-refractivity contribution in [1.82, 2.24) is 19.4 Å². The second kappa shape index (κ2) is 11.1. The lowest BCUT2D eigenvalue weighted by molar-refractivity contribution is 0.255.